The zero-order valence-corrected chi connectivity index (χ0v) is 5.82. The van der Waals surface area contributed by atoms with Crippen molar-refractivity contribution in [2.75, 3.05) is 7.11 Å². The van der Waals surface area contributed by atoms with E-state index in [0.29, 0.717) is 0 Å². The largest absolute Gasteiger partial charge is 0.693 e. The zero-order valence-electron chi connectivity index (χ0n) is 5.82. The summed E-state index contributed by atoms with van der Waals surface area (Å²) in [5.41, 5.74) is 0. The van der Waals surface area contributed by atoms with Crippen LogP contribution in [0, 0.1) is 30.3 Å². The Kier molecular flexibility index (Phi) is 6.30. The summed E-state index contributed by atoms with van der Waals surface area (Å²) in [5.74, 6) is 0. The highest BCUT2D eigenvalue weighted by atomic mass is 16.7. The summed E-state index contributed by atoms with van der Waals surface area (Å²) in [6.07, 6.45) is -2.94. The van der Waals surface area contributed by atoms with Gasteiger partial charge in [0.05, 0.1) is 0 Å². The molecule has 70 valence electrons. The average molecular weight is 183 g/mol. The van der Waals surface area contributed by atoms with Gasteiger partial charge in [0.25, 0.3) is 0 Å². The van der Waals surface area contributed by atoms with Crippen LogP contribution >= 0.6 is 0 Å². The van der Waals surface area contributed by atoms with Gasteiger partial charge in [0.15, 0.2) is 14.8 Å². The highest BCUT2D eigenvalue weighted by Gasteiger charge is 2.45. The van der Waals surface area contributed by atoms with Crippen molar-refractivity contribution in [1.29, 1.82) is 0 Å². The smallest absolute Gasteiger partial charge is 0.400 e. The lowest BCUT2D eigenvalue weighted by Crippen LogP contribution is -2.36. The second kappa shape index (κ2) is 5.91. The van der Waals surface area contributed by atoms with Gasteiger partial charge in [-0.3, -0.25) is 30.3 Å². The van der Waals surface area contributed by atoms with Crippen LogP contribution in [0.3, 0.4) is 0 Å². The van der Waals surface area contributed by atoms with Gasteiger partial charge in [-0.05, 0) is 0 Å². The Balaban J connectivity index is 0. The van der Waals surface area contributed by atoms with E-state index in [1.807, 2.05) is 0 Å². The van der Waals surface area contributed by atoms with E-state index >= 15 is 0 Å². The Labute approximate surface area is 64.9 Å². The van der Waals surface area contributed by atoms with Gasteiger partial charge in [0.2, 0.25) is 0 Å². The molecule has 0 atom stereocenters. The number of rotatable bonds is 3. The van der Waals surface area contributed by atoms with Crippen molar-refractivity contribution in [3.05, 3.63) is 30.3 Å². The van der Waals surface area contributed by atoms with Gasteiger partial charge in [-0.2, -0.15) is 0 Å². The van der Waals surface area contributed by atoms with Crippen molar-refractivity contribution in [2.24, 2.45) is 0 Å². The third-order valence-electron chi connectivity index (χ3n) is 0.566. The third-order valence-corrected chi connectivity index (χ3v) is 0.566. The number of aliphatic hydroxyl groups is 1. The summed E-state index contributed by atoms with van der Waals surface area (Å²) >= 11 is 0. The molecule has 10 nitrogen and oxygen atoms in total. The van der Waals surface area contributed by atoms with Gasteiger partial charge in [-0.15, -0.1) is 0 Å². The zero-order chi connectivity index (χ0) is 10.3. The van der Waals surface area contributed by atoms with Gasteiger partial charge in [-0.25, -0.2) is 0 Å². The lowest BCUT2D eigenvalue weighted by atomic mass is 10.9. The summed E-state index contributed by atoms with van der Waals surface area (Å²) in [4.78, 5) is 23.8. The van der Waals surface area contributed by atoms with E-state index in [-0.39, 0.29) is 0 Å². The second-order valence-corrected chi connectivity index (χ2v) is 1.20. The topological polar surface area (TPSA) is 150 Å². The van der Waals surface area contributed by atoms with Crippen LogP contribution in [-0.4, -0.2) is 33.3 Å². The highest BCUT2D eigenvalue weighted by Crippen LogP contribution is 1.90. The van der Waals surface area contributed by atoms with E-state index in [2.05, 4.69) is 0 Å². The van der Waals surface area contributed by atoms with E-state index in [0.717, 1.165) is 7.11 Å². The van der Waals surface area contributed by atoms with Crippen LogP contribution in [-0.2, 0) is 0 Å². The highest BCUT2D eigenvalue weighted by molar-refractivity contribution is 4.19. The molecule has 0 aromatic rings. The van der Waals surface area contributed by atoms with E-state index in [1.54, 1.807) is 0 Å². The molecule has 1 N–H and O–H groups in total. The van der Waals surface area contributed by atoms with E-state index in [4.69, 9.17) is 5.11 Å². The molecule has 0 radical (unpaired) electrons. The number of aliphatic hydroxyl groups excluding tert-OH is 1. The fourth-order valence-electron chi connectivity index (χ4n) is 0.231. The van der Waals surface area contributed by atoms with Crippen molar-refractivity contribution in [3.8, 4) is 0 Å². The van der Waals surface area contributed by atoms with Gasteiger partial charge in [0.1, 0.15) is 0 Å². The molecular weight excluding hydrogens is 178 g/mol. The molecule has 0 saturated carbocycles. The fraction of sp³-hybridized carbons (Fsp3) is 1.00. The molecule has 0 aliphatic rings. The van der Waals surface area contributed by atoms with E-state index in [9.17, 15) is 30.3 Å². The van der Waals surface area contributed by atoms with E-state index in [1.165, 1.54) is 0 Å². The SMILES string of the molecule is CO.O=[N+]([O-])C([N+](=O)[O-])[N+](=O)[O-]. The molecule has 0 heterocycles. The van der Waals surface area contributed by atoms with Gasteiger partial charge in [0, 0.05) is 7.11 Å². The van der Waals surface area contributed by atoms with Gasteiger partial charge in [-0.1, -0.05) is 0 Å². The van der Waals surface area contributed by atoms with Crippen molar-refractivity contribution < 1.29 is 19.9 Å². The predicted octanol–water partition coefficient (Wildman–Crippen LogP) is -1.29. The fourth-order valence-corrected chi connectivity index (χ4v) is 0.231. The second-order valence-electron chi connectivity index (χ2n) is 1.20. The third kappa shape index (κ3) is 4.05. The monoisotopic (exact) mass is 183 g/mol. The van der Waals surface area contributed by atoms with Crippen LogP contribution < -0.4 is 0 Å². The average Bonchev–Trinajstić information content (AvgIpc) is 1.88. The van der Waals surface area contributed by atoms with Crippen LogP contribution in [0.5, 0.6) is 0 Å². The molecular formula is C2H5N3O7. The first kappa shape index (κ1) is 12.8. The number of nitro groups is 3. The molecule has 0 amide bonds. The summed E-state index contributed by atoms with van der Waals surface area (Å²) in [7, 11) is 1.00. The first-order chi connectivity index (χ1) is 5.46. The van der Waals surface area contributed by atoms with Crippen molar-refractivity contribution in [3.63, 3.8) is 0 Å². The van der Waals surface area contributed by atoms with E-state index < -0.39 is 21.1 Å². The van der Waals surface area contributed by atoms with Crippen LogP contribution in [0.25, 0.3) is 0 Å². The lowest BCUT2D eigenvalue weighted by molar-refractivity contribution is -0.912. The normalized spacial score (nSPS) is 8.25. The Morgan fingerprint density at radius 2 is 1.08 bits per heavy atom. The maximum Gasteiger partial charge on any atom is 0.693 e. The molecule has 10 heteroatoms. The molecule has 0 aliphatic carbocycles. The summed E-state index contributed by atoms with van der Waals surface area (Å²) in [6.45, 7) is 0. The maximum absolute atomic E-state index is 9.50. The van der Waals surface area contributed by atoms with Crippen LogP contribution in [0.15, 0.2) is 0 Å². The van der Waals surface area contributed by atoms with Crippen LogP contribution in [0.2, 0.25) is 0 Å². The molecule has 0 spiro atoms. The molecule has 0 aromatic carbocycles. The standard InChI is InChI=1S/CHN3O6.CH4O/c5-2(6)1(3(7)8)4(9)10;1-2/h1H;2H,1H3. The van der Waals surface area contributed by atoms with Crippen molar-refractivity contribution in [2.45, 2.75) is 6.29 Å². The number of nitrogens with zero attached hydrogens (tertiary/aromatic N) is 3. The van der Waals surface area contributed by atoms with Gasteiger partial charge >= 0.3 is 6.29 Å². The van der Waals surface area contributed by atoms with Crippen LogP contribution in [0.1, 0.15) is 0 Å². The minimum absolute atomic E-state index is 1.00. The molecule has 0 fully saturated rings. The Hall–Kier alpha value is -1.84. The van der Waals surface area contributed by atoms with Gasteiger partial charge < -0.3 is 5.11 Å². The molecule has 0 unspecified atom stereocenters. The summed E-state index contributed by atoms with van der Waals surface area (Å²) < 4.78 is 0. The first-order valence-electron chi connectivity index (χ1n) is 2.32. The van der Waals surface area contributed by atoms with Crippen molar-refractivity contribution >= 4 is 0 Å². The molecule has 0 rings (SSSR count). The molecule has 0 aliphatic heterocycles. The van der Waals surface area contributed by atoms with Crippen molar-refractivity contribution in [1.82, 2.24) is 0 Å². The quantitative estimate of drug-likeness (QED) is 0.324. The summed E-state index contributed by atoms with van der Waals surface area (Å²) in [5, 5.41) is 35.5. The minimum Gasteiger partial charge on any atom is -0.400 e. The predicted molar refractivity (Wildman–Crippen MR) is 32.9 cm³/mol. The molecule has 0 bridgehead atoms. The maximum atomic E-state index is 9.50. The molecule has 0 saturated heterocycles. The lowest BCUT2D eigenvalue weighted by Gasteiger charge is -1.90. The Morgan fingerprint density at radius 1 is 0.917 bits per heavy atom. The first-order valence-corrected chi connectivity index (χ1v) is 2.32. The molecule has 0 aromatic heterocycles. The Morgan fingerprint density at radius 3 is 1.08 bits per heavy atom. The van der Waals surface area contributed by atoms with Crippen LogP contribution in [0.4, 0.5) is 0 Å². The number of hydrogen-bond acceptors (Lipinski definition) is 7. The molecule has 12 heavy (non-hydrogen) atoms. The summed E-state index contributed by atoms with van der Waals surface area (Å²) in [6, 6.07) is 0. The number of hydrogen-bond donors (Lipinski definition) is 1. The Bertz CT molecular complexity index is 156. The minimum atomic E-state index is -2.94.